The third-order valence-electron chi connectivity index (χ3n) is 4.97. The number of carbonyl (C=O) groups excluding carboxylic acids is 1. The predicted octanol–water partition coefficient (Wildman–Crippen LogP) is 2.60. The lowest BCUT2D eigenvalue weighted by Crippen LogP contribution is -2.45. The van der Waals surface area contributed by atoms with Crippen molar-refractivity contribution in [2.24, 2.45) is 5.92 Å². The Labute approximate surface area is 141 Å². The van der Waals surface area contributed by atoms with E-state index >= 15 is 0 Å². The molecule has 5 heteroatoms. The highest BCUT2D eigenvalue weighted by Crippen LogP contribution is 2.32. The Kier molecular flexibility index (Phi) is 3.81. The first kappa shape index (κ1) is 14.9. The van der Waals surface area contributed by atoms with Crippen LogP contribution in [0.4, 0.5) is 5.69 Å². The number of para-hydroxylation sites is 1. The van der Waals surface area contributed by atoms with Crippen LogP contribution in [-0.4, -0.2) is 30.0 Å². The van der Waals surface area contributed by atoms with Gasteiger partial charge in [0.15, 0.2) is 0 Å². The van der Waals surface area contributed by atoms with Gasteiger partial charge in [0.2, 0.25) is 5.91 Å². The molecule has 2 heterocycles. The van der Waals surface area contributed by atoms with Gasteiger partial charge in [-0.3, -0.25) is 9.78 Å². The summed E-state index contributed by atoms with van der Waals surface area (Å²) in [5, 5.41) is 13.7. The van der Waals surface area contributed by atoms with Crippen LogP contribution in [0.3, 0.4) is 0 Å². The van der Waals surface area contributed by atoms with Gasteiger partial charge in [0, 0.05) is 36.6 Å². The SMILES string of the molecule is N#Cc1cnc2ccccc2c1N1CCC(NC(=O)C2CC2)CC1. The molecular formula is C19H20N4O. The molecule has 4 rings (SSSR count). The number of hydrogen-bond donors (Lipinski definition) is 1. The number of nitrogens with one attached hydrogen (secondary N) is 1. The number of nitrogens with zero attached hydrogens (tertiary/aromatic N) is 3. The topological polar surface area (TPSA) is 69.0 Å². The van der Waals surface area contributed by atoms with Crippen LogP contribution in [0.2, 0.25) is 0 Å². The quantitative estimate of drug-likeness (QED) is 0.944. The second-order valence-corrected chi connectivity index (χ2v) is 6.69. The monoisotopic (exact) mass is 320 g/mol. The number of carbonyl (C=O) groups is 1. The van der Waals surface area contributed by atoms with Crippen molar-refractivity contribution in [2.45, 2.75) is 31.7 Å². The molecule has 2 aliphatic rings. The first-order valence-electron chi connectivity index (χ1n) is 8.59. The molecule has 0 radical (unpaired) electrons. The number of amides is 1. The largest absolute Gasteiger partial charge is 0.370 e. The fourth-order valence-electron chi connectivity index (χ4n) is 3.46. The Bertz CT molecular complexity index is 814. The minimum atomic E-state index is 0.223. The smallest absolute Gasteiger partial charge is 0.223 e. The molecule has 1 N–H and O–H groups in total. The lowest BCUT2D eigenvalue weighted by atomic mass is 10.0. The zero-order valence-corrected chi connectivity index (χ0v) is 13.5. The first-order chi connectivity index (χ1) is 11.8. The van der Waals surface area contributed by atoms with Crippen molar-refractivity contribution in [1.29, 1.82) is 5.26 Å². The second-order valence-electron chi connectivity index (χ2n) is 6.69. The lowest BCUT2D eigenvalue weighted by Gasteiger charge is -2.35. The summed E-state index contributed by atoms with van der Waals surface area (Å²) in [6, 6.07) is 10.5. The molecule has 0 atom stereocenters. The van der Waals surface area contributed by atoms with Gasteiger partial charge in [0.25, 0.3) is 0 Å². The van der Waals surface area contributed by atoms with Gasteiger partial charge in [-0.2, -0.15) is 5.26 Å². The van der Waals surface area contributed by atoms with Crippen LogP contribution in [-0.2, 0) is 4.79 Å². The molecule has 0 bridgehead atoms. The Balaban J connectivity index is 1.54. The summed E-state index contributed by atoms with van der Waals surface area (Å²) in [5.41, 5.74) is 2.51. The fraction of sp³-hybridized carbons (Fsp3) is 0.421. The molecule has 1 aliphatic heterocycles. The summed E-state index contributed by atoms with van der Waals surface area (Å²) in [7, 11) is 0. The van der Waals surface area contributed by atoms with Crippen LogP contribution in [0.25, 0.3) is 10.9 Å². The van der Waals surface area contributed by atoms with Gasteiger partial charge < -0.3 is 10.2 Å². The molecule has 0 spiro atoms. The van der Waals surface area contributed by atoms with Gasteiger partial charge in [0.05, 0.1) is 16.8 Å². The fourth-order valence-corrected chi connectivity index (χ4v) is 3.46. The Morgan fingerprint density at radius 1 is 1.21 bits per heavy atom. The summed E-state index contributed by atoms with van der Waals surface area (Å²) in [6.45, 7) is 1.69. The van der Waals surface area contributed by atoms with E-state index in [0.717, 1.165) is 55.4 Å². The van der Waals surface area contributed by atoms with Crippen molar-refractivity contribution >= 4 is 22.5 Å². The van der Waals surface area contributed by atoms with E-state index < -0.39 is 0 Å². The standard InChI is InChI=1S/C19H20N4O/c20-11-14-12-21-17-4-2-1-3-16(17)18(14)23-9-7-15(8-10-23)22-19(24)13-5-6-13/h1-4,12-13,15H,5-10H2,(H,22,24). The van der Waals surface area contributed by atoms with E-state index in [1.807, 2.05) is 24.3 Å². The molecule has 2 aromatic rings. The maximum absolute atomic E-state index is 11.9. The van der Waals surface area contributed by atoms with Gasteiger partial charge >= 0.3 is 0 Å². The zero-order valence-electron chi connectivity index (χ0n) is 13.5. The average Bonchev–Trinajstić information content (AvgIpc) is 3.47. The number of pyridine rings is 1. The van der Waals surface area contributed by atoms with Crippen molar-refractivity contribution in [3.05, 3.63) is 36.0 Å². The first-order valence-corrected chi connectivity index (χ1v) is 8.59. The van der Waals surface area contributed by atoms with Crippen LogP contribution in [0.1, 0.15) is 31.2 Å². The molecular weight excluding hydrogens is 300 g/mol. The van der Waals surface area contributed by atoms with E-state index in [1.165, 1.54) is 0 Å². The van der Waals surface area contributed by atoms with Crippen LogP contribution in [0.5, 0.6) is 0 Å². The second kappa shape index (κ2) is 6.12. The molecule has 0 unspecified atom stereocenters. The third kappa shape index (κ3) is 2.80. The number of fused-ring (bicyclic) bond motifs is 1. The number of anilines is 1. The molecule has 1 amide bonds. The van der Waals surface area contributed by atoms with Gasteiger partial charge in [-0.15, -0.1) is 0 Å². The van der Waals surface area contributed by atoms with Crippen molar-refractivity contribution in [3.8, 4) is 6.07 Å². The molecule has 1 saturated carbocycles. The average molecular weight is 320 g/mol. The number of benzene rings is 1. The van der Waals surface area contributed by atoms with Crippen LogP contribution < -0.4 is 10.2 Å². The summed E-state index contributed by atoms with van der Waals surface area (Å²) in [6.07, 6.45) is 5.58. The zero-order chi connectivity index (χ0) is 16.5. The predicted molar refractivity (Wildman–Crippen MR) is 92.6 cm³/mol. The van der Waals surface area contributed by atoms with E-state index in [9.17, 15) is 10.1 Å². The molecule has 24 heavy (non-hydrogen) atoms. The number of rotatable bonds is 3. The highest BCUT2D eigenvalue weighted by atomic mass is 16.2. The summed E-state index contributed by atoms with van der Waals surface area (Å²) in [5.74, 6) is 0.484. The minimum absolute atomic E-state index is 0.223. The number of hydrogen-bond acceptors (Lipinski definition) is 4. The number of aromatic nitrogens is 1. The van der Waals surface area contributed by atoms with E-state index in [-0.39, 0.29) is 17.9 Å². The minimum Gasteiger partial charge on any atom is -0.370 e. The molecule has 5 nitrogen and oxygen atoms in total. The Hall–Kier alpha value is -2.61. The summed E-state index contributed by atoms with van der Waals surface area (Å²) < 4.78 is 0. The summed E-state index contributed by atoms with van der Waals surface area (Å²) >= 11 is 0. The summed E-state index contributed by atoms with van der Waals surface area (Å²) in [4.78, 5) is 18.6. The third-order valence-corrected chi connectivity index (χ3v) is 4.97. The lowest BCUT2D eigenvalue weighted by molar-refractivity contribution is -0.123. The molecule has 1 aromatic carbocycles. The molecule has 122 valence electrons. The van der Waals surface area contributed by atoms with E-state index in [1.54, 1.807) is 6.20 Å². The van der Waals surface area contributed by atoms with Crippen LogP contribution >= 0.6 is 0 Å². The molecule has 1 aliphatic carbocycles. The van der Waals surface area contributed by atoms with Gasteiger partial charge in [0.1, 0.15) is 6.07 Å². The van der Waals surface area contributed by atoms with Crippen molar-refractivity contribution in [3.63, 3.8) is 0 Å². The number of piperidine rings is 1. The van der Waals surface area contributed by atoms with Crippen molar-refractivity contribution in [2.75, 3.05) is 18.0 Å². The van der Waals surface area contributed by atoms with Crippen LogP contribution in [0, 0.1) is 17.2 Å². The molecule has 1 saturated heterocycles. The van der Waals surface area contributed by atoms with E-state index in [0.29, 0.717) is 5.56 Å². The Morgan fingerprint density at radius 2 is 1.96 bits per heavy atom. The van der Waals surface area contributed by atoms with Gasteiger partial charge in [-0.1, -0.05) is 18.2 Å². The van der Waals surface area contributed by atoms with Crippen molar-refractivity contribution < 1.29 is 4.79 Å². The highest BCUT2D eigenvalue weighted by Gasteiger charge is 2.32. The van der Waals surface area contributed by atoms with Gasteiger partial charge in [-0.05, 0) is 31.7 Å². The van der Waals surface area contributed by atoms with Crippen LogP contribution in [0.15, 0.2) is 30.5 Å². The molecule has 1 aromatic heterocycles. The highest BCUT2D eigenvalue weighted by molar-refractivity contribution is 5.94. The van der Waals surface area contributed by atoms with Crippen molar-refractivity contribution in [1.82, 2.24) is 10.3 Å². The maximum Gasteiger partial charge on any atom is 0.223 e. The van der Waals surface area contributed by atoms with E-state index in [4.69, 9.17) is 0 Å². The van der Waals surface area contributed by atoms with Gasteiger partial charge in [-0.25, -0.2) is 0 Å². The normalized spacial score (nSPS) is 18.4. The maximum atomic E-state index is 11.9. The number of nitriles is 1. The Morgan fingerprint density at radius 3 is 2.67 bits per heavy atom. The van der Waals surface area contributed by atoms with E-state index in [2.05, 4.69) is 21.3 Å². The molecule has 2 fully saturated rings.